The molecular formula is C17H20N2O4. The minimum atomic E-state index is -0.444. The van der Waals surface area contributed by atoms with Crippen LogP contribution < -0.4 is 15.2 Å². The molecule has 0 amide bonds. The highest BCUT2D eigenvalue weighted by Crippen LogP contribution is 2.24. The van der Waals surface area contributed by atoms with Crippen molar-refractivity contribution in [3.8, 4) is 11.5 Å². The average molecular weight is 316 g/mol. The molecule has 0 saturated carbocycles. The van der Waals surface area contributed by atoms with Crippen LogP contribution in [-0.2, 0) is 13.0 Å². The third kappa shape index (κ3) is 4.69. The van der Waals surface area contributed by atoms with Crippen molar-refractivity contribution >= 4 is 5.69 Å². The summed E-state index contributed by atoms with van der Waals surface area (Å²) in [5.41, 5.74) is 7.60. The molecule has 0 aliphatic rings. The van der Waals surface area contributed by atoms with E-state index in [2.05, 4.69) is 0 Å². The molecular weight excluding hydrogens is 296 g/mol. The van der Waals surface area contributed by atoms with Gasteiger partial charge in [0.25, 0.3) is 5.69 Å². The lowest BCUT2D eigenvalue weighted by Crippen LogP contribution is -2.03. The Morgan fingerprint density at radius 3 is 2.74 bits per heavy atom. The van der Waals surface area contributed by atoms with Crippen molar-refractivity contribution < 1.29 is 14.4 Å². The minimum absolute atomic E-state index is 0.00571. The number of nitro benzene ring substituents is 1. The van der Waals surface area contributed by atoms with Gasteiger partial charge in [-0.3, -0.25) is 10.1 Å². The largest absolute Gasteiger partial charge is 0.496 e. The standard InChI is InChI=1S/C17H20N2O4/c1-22-17-8-7-13(4-3-9-18)10-14(17)12-23-16-6-2-5-15(11-16)19(20)21/h2,5-8,10-11H,3-4,9,12,18H2,1H3. The Morgan fingerprint density at radius 1 is 1.22 bits per heavy atom. The van der Waals surface area contributed by atoms with Gasteiger partial charge in [-0.15, -0.1) is 0 Å². The number of nitrogens with zero attached hydrogens (tertiary/aromatic N) is 1. The molecule has 23 heavy (non-hydrogen) atoms. The van der Waals surface area contributed by atoms with E-state index in [1.165, 1.54) is 12.1 Å². The third-order valence-electron chi connectivity index (χ3n) is 3.44. The van der Waals surface area contributed by atoms with Crippen molar-refractivity contribution in [3.05, 3.63) is 63.7 Å². The minimum Gasteiger partial charge on any atom is -0.496 e. The maximum absolute atomic E-state index is 10.8. The molecule has 6 heteroatoms. The van der Waals surface area contributed by atoms with Crippen LogP contribution in [0, 0.1) is 10.1 Å². The van der Waals surface area contributed by atoms with Crippen LogP contribution in [-0.4, -0.2) is 18.6 Å². The van der Waals surface area contributed by atoms with Crippen LogP contribution in [0.15, 0.2) is 42.5 Å². The van der Waals surface area contributed by atoms with Gasteiger partial charge in [-0.25, -0.2) is 0 Å². The van der Waals surface area contributed by atoms with Gasteiger partial charge in [0, 0.05) is 11.6 Å². The first kappa shape index (κ1) is 16.8. The van der Waals surface area contributed by atoms with E-state index >= 15 is 0 Å². The molecule has 0 aromatic heterocycles. The molecule has 0 heterocycles. The van der Waals surface area contributed by atoms with E-state index in [9.17, 15) is 10.1 Å². The number of non-ortho nitro benzene ring substituents is 1. The van der Waals surface area contributed by atoms with Gasteiger partial charge in [-0.05, 0) is 43.1 Å². The first-order chi connectivity index (χ1) is 11.1. The Balaban J connectivity index is 2.12. The lowest BCUT2D eigenvalue weighted by atomic mass is 10.1. The fourth-order valence-corrected chi connectivity index (χ4v) is 2.25. The number of ether oxygens (including phenoxy) is 2. The molecule has 0 aliphatic heterocycles. The molecule has 0 unspecified atom stereocenters. The number of methoxy groups -OCH3 is 1. The van der Waals surface area contributed by atoms with Gasteiger partial charge < -0.3 is 15.2 Å². The quantitative estimate of drug-likeness (QED) is 0.597. The van der Waals surface area contributed by atoms with Gasteiger partial charge in [-0.1, -0.05) is 12.1 Å². The van der Waals surface area contributed by atoms with E-state index in [1.54, 1.807) is 19.2 Å². The normalized spacial score (nSPS) is 10.3. The molecule has 2 aromatic rings. The molecule has 6 nitrogen and oxygen atoms in total. The topological polar surface area (TPSA) is 87.6 Å². The zero-order valence-corrected chi connectivity index (χ0v) is 13.0. The first-order valence-corrected chi connectivity index (χ1v) is 7.37. The zero-order valence-electron chi connectivity index (χ0n) is 13.0. The van der Waals surface area contributed by atoms with Crippen molar-refractivity contribution in [2.45, 2.75) is 19.4 Å². The number of aryl methyl sites for hydroxylation is 1. The van der Waals surface area contributed by atoms with Crippen molar-refractivity contribution in [2.24, 2.45) is 5.73 Å². The van der Waals surface area contributed by atoms with Crippen LogP contribution in [0.1, 0.15) is 17.5 Å². The molecule has 0 fully saturated rings. The number of rotatable bonds is 8. The molecule has 0 atom stereocenters. The molecule has 0 saturated heterocycles. The fraction of sp³-hybridized carbons (Fsp3) is 0.294. The first-order valence-electron chi connectivity index (χ1n) is 7.37. The van der Waals surface area contributed by atoms with Gasteiger partial charge >= 0.3 is 0 Å². The Labute approximate surface area is 135 Å². The van der Waals surface area contributed by atoms with Crippen LogP contribution in [0.3, 0.4) is 0 Å². The highest BCUT2D eigenvalue weighted by molar-refractivity contribution is 5.40. The molecule has 0 bridgehead atoms. The average Bonchev–Trinajstić information content (AvgIpc) is 2.58. The van der Waals surface area contributed by atoms with Gasteiger partial charge in [0.05, 0.1) is 18.1 Å². The zero-order chi connectivity index (χ0) is 16.7. The van der Waals surface area contributed by atoms with Crippen molar-refractivity contribution in [2.75, 3.05) is 13.7 Å². The van der Waals surface area contributed by atoms with Crippen molar-refractivity contribution in [1.82, 2.24) is 0 Å². The maximum Gasteiger partial charge on any atom is 0.273 e. The molecule has 122 valence electrons. The molecule has 0 aliphatic carbocycles. The van der Waals surface area contributed by atoms with Crippen LogP contribution in [0.5, 0.6) is 11.5 Å². The second-order valence-electron chi connectivity index (χ2n) is 5.08. The van der Waals surface area contributed by atoms with Gasteiger partial charge in [-0.2, -0.15) is 0 Å². The maximum atomic E-state index is 10.8. The van der Waals surface area contributed by atoms with Crippen LogP contribution in [0.2, 0.25) is 0 Å². The van der Waals surface area contributed by atoms with Crippen molar-refractivity contribution in [3.63, 3.8) is 0 Å². The molecule has 2 N–H and O–H groups in total. The van der Waals surface area contributed by atoms with E-state index in [1.807, 2.05) is 18.2 Å². The summed E-state index contributed by atoms with van der Waals surface area (Å²) in [5.74, 6) is 1.18. The highest BCUT2D eigenvalue weighted by atomic mass is 16.6. The van der Waals surface area contributed by atoms with Gasteiger partial charge in [0.2, 0.25) is 0 Å². The summed E-state index contributed by atoms with van der Waals surface area (Å²) in [4.78, 5) is 10.3. The summed E-state index contributed by atoms with van der Waals surface area (Å²) < 4.78 is 11.0. The smallest absolute Gasteiger partial charge is 0.273 e. The lowest BCUT2D eigenvalue weighted by Gasteiger charge is -2.12. The number of hydrogen-bond acceptors (Lipinski definition) is 5. The van der Waals surface area contributed by atoms with Gasteiger partial charge in [0.15, 0.2) is 0 Å². The van der Waals surface area contributed by atoms with Crippen LogP contribution in [0.4, 0.5) is 5.69 Å². The van der Waals surface area contributed by atoms with Gasteiger partial charge in [0.1, 0.15) is 18.1 Å². The second kappa shape index (κ2) is 8.14. The van der Waals surface area contributed by atoms with E-state index in [-0.39, 0.29) is 12.3 Å². The predicted octanol–water partition coefficient (Wildman–Crippen LogP) is 3.07. The highest BCUT2D eigenvalue weighted by Gasteiger charge is 2.09. The lowest BCUT2D eigenvalue weighted by molar-refractivity contribution is -0.384. The van der Waals surface area contributed by atoms with E-state index in [4.69, 9.17) is 15.2 Å². The predicted molar refractivity (Wildman–Crippen MR) is 87.8 cm³/mol. The second-order valence-corrected chi connectivity index (χ2v) is 5.08. The summed E-state index contributed by atoms with van der Waals surface area (Å²) in [6, 6.07) is 12.1. The Hall–Kier alpha value is -2.60. The summed E-state index contributed by atoms with van der Waals surface area (Å²) >= 11 is 0. The van der Waals surface area contributed by atoms with Crippen LogP contribution >= 0.6 is 0 Å². The molecule has 0 radical (unpaired) electrons. The number of hydrogen-bond donors (Lipinski definition) is 1. The van der Waals surface area contributed by atoms with E-state index in [0.29, 0.717) is 12.3 Å². The number of nitrogens with two attached hydrogens (primary N) is 1. The summed E-state index contributed by atoms with van der Waals surface area (Å²) in [6.45, 7) is 0.923. The Kier molecular flexibility index (Phi) is 5.94. The summed E-state index contributed by atoms with van der Waals surface area (Å²) in [5, 5.41) is 10.8. The number of benzene rings is 2. The SMILES string of the molecule is COc1ccc(CCCN)cc1COc1cccc([N+](=O)[O-])c1. The fourth-order valence-electron chi connectivity index (χ4n) is 2.25. The Bertz CT molecular complexity index is 673. The summed E-state index contributed by atoms with van der Waals surface area (Å²) in [7, 11) is 1.60. The van der Waals surface area contributed by atoms with Crippen molar-refractivity contribution in [1.29, 1.82) is 0 Å². The van der Waals surface area contributed by atoms with Crippen LogP contribution in [0.25, 0.3) is 0 Å². The third-order valence-corrected chi connectivity index (χ3v) is 3.44. The van der Waals surface area contributed by atoms with E-state index in [0.717, 1.165) is 29.7 Å². The molecule has 0 spiro atoms. The molecule has 2 rings (SSSR count). The Morgan fingerprint density at radius 2 is 2.04 bits per heavy atom. The molecule has 2 aromatic carbocycles. The monoisotopic (exact) mass is 316 g/mol. The summed E-state index contributed by atoms with van der Waals surface area (Å²) in [6.07, 6.45) is 1.81. The number of nitro groups is 1. The van der Waals surface area contributed by atoms with E-state index < -0.39 is 4.92 Å².